The van der Waals surface area contributed by atoms with E-state index in [1.54, 1.807) is 0 Å². The zero-order valence-electron chi connectivity index (χ0n) is 8.58. The highest BCUT2D eigenvalue weighted by Gasteiger charge is 2.30. The van der Waals surface area contributed by atoms with Gasteiger partial charge in [-0.05, 0) is 13.8 Å². The minimum atomic E-state index is 0.0445. The van der Waals surface area contributed by atoms with Gasteiger partial charge in [0.05, 0.1) is 25.4 Å². The summed E-state index contributed by atoms with van der Waals surface area (Å²) in [7, 11) is 0. The predicted octanol–water partition coefficient (Wildman–Crippen LogP) is 0.744. The molecule has 0 aromatic rings. The number of hydrogen-bond acceptors (Lipinski definition) is 3. The van der Waals surface area contributed by atoms with Crippen molar-refractivity contribution in [3.63, 3.8) is 0 Å². The highest BCUT2D eigenvalue weighted by atomic mass is 16.5. The van der Waals surface area contributed by atoms with Crippen LogP contribution in [0.1, 0.15) is 13.8 Å². The van der Waals surface area contributed by atoms with Crippen LogP contribution in [0.2, 0.25) is 0 Å². The first-order valence-electron chi connectivity index (χ1n) is 5.10. The maximum Gasteiger partial charge on any atom is 0.0753 e. The normalized spacial score (nSPS) is 30.0. The van der Waals surface area contributed by atoms with E-state index < -0.39 is 0 Å². The molecule has 0 N–H and O–H groups in total. The highest BCUT2D eigenvalue weighted by Crippen LogP contribution is 2.19. The molecule has 3 nitrogen and oxygen atoms in total. The Morgan fingerprint density at radius 1 is 1.38 bits per heavy atom. The first kappa shape index (κ1) is 9.44. The second kappa shape index (κ2) is 3.56. The Balaban J connectivity index is 1.78. The molecule has 2 aliphatic rings. The van der Waals surface area contributed by atoms with Crippen molar-refractivity contribution >= 4 is 0 Å². The van der Waals surface area contributed by atoms with Crippen molar-refractivity contribution < 1.29 is 9.47 Å². The van der Waals surface area contributed by atoms with Gasteiger partial charge in [0.25, 0.3) is 0 Å². The van der Waals surface area contributed by atoms with Crippen molar-refractivity contribution in [2.45, 2.75) is 19.4 Å². The van der Waals surface area contributed by atoms with Crippen LogP contribution in [0.4, 0.5) is 0 Å². The number of hydrogen-bond donors (Lipinski definition) is 0. The zero-order chi connectivity index (χ0) is 9.31. The average Bonchev–Trinajstić information content (AvgIpc) is 1.95. The molecule has 2 heterocycles. The Bertz CT molecular complexity index is 178. The lowest BCUT2D eigenvalue weighted by atomic mass is 10.0. The average molecular weight is 185 g/mol. The standard InChI is InChI=1S/C10H19NO2/c1-10(2)8-11(3-4-13-10)5-9-6-12-7-9/h9H,3-8H2,1-2H3. The van der Waals surface area contributed by atoms with Gasteiger partial charge in [0.1, 0.15) is 0 Å². The second-order valence-electron chi connectivity index (χ2n) is 4.75. The van der Waals surface area contributed by atoms with Crippen LogP contribution in [0, 0.1) is 5.92 Å². The molecule has 13 heavy (non-hydrogen) atoms. The summed E-state index contributed by atoms with van der Waals surface area (Å²) < 4.78 is 10.8. The fourth-order valence-corrected chi connectivity index (χ4v) is 2.03. The van der Waals surface area contributed by atoms with Crippen LogP contribution in [0.3, 0.4) is 0 Å². The molecular weight excluding hydrogens is 166 g/mol. The largest absolute Gasteiger partial charge is 0.381 e. The Kier molecular flexibility index (Phi) is 2.58. The van der Waals surface area contributed by atoms with E-state index in [0.717, 1.165) is 38.8 Å². The lowest BCUT2D eigenvalue weighted by Crippen LogP contribution is -2.51. The third-order valence-electron chi connectivity index (χ3n) is 2.73. The molecule has 0 bridgehead atoms. The fraction of sp³-hybridized carbons (Fsp3) is 1.00. The van der Waals surface area contributed by atoms with E-state index in [0.29, 0.717) is 0 Å². The highest BCUT2D eigenvalue weighted by molar-refractivity contribution is 4.81. The minimum Gasteiger partial charge on any atom is -0.381 e. The Labute approximate surface area is 80.0 Å². The molecule has 0 radical (unpaired) electrons. The lowest BCUT2D eigenvalue weighted by molar-refractivity contribution is -0.108. The van der Waals surface area contributed by atoms with Gasteiger partial charge >= 0.3 is 0 Å². The molecule has 76 valence electrons. The van der Waals surface area contributed by atoms with Crippen molar-refractivity contribution in [1.29, 1.82) is 0 Å². The van der Waals surface area contributed by atoms with E-state index in [1.165, 1.54) is 6.54 Å². The fourth-order valence-electron chi connectivity index (χ4n) is 2.03. The molecule has 0 aromatic heterocycles. The smallest absolute Gasteiger partial charge is 0.0753 e. The third kappa shape index (κ3) is 2.42. The molecule has 2 aliphatic heterocycles. The summed E-state index contributed by atoms with van der Waals surface area (Å²) in [5.41, 5.74) is 0.0445. The van der Waals surface area contributed by atoms with Crippen LogP contribution in [-0.2, 0) is 9.47 Å². The van der Waals surface area contributed by atoms with Crippen LogP contribution in [0.25, 0.3) is 0 Å². The molecule has 0 aromatic carbocycles. The van der Waals surface area contributed by atoms with Crippen molar-refractivity contribution in [2.24, 2.45) is 5.92 Å². The molecule has 0 aliphatic carbocycles. The number of morpholine rings is 1. The second-order valence-corrected chi connectivity index (χ2v) is 4.75. The number of rotatable bonds is 2. The molecule has 0 saturated carbocycles. The van der Waals surface area contributed by atoms with Gasteiger partial charge in [-0.25, -0.2) is 0 Å². The quantitative estimate of drug-likeness (QED) is 0.633. The maximum absolute atomic E-state index is 5.66. The summed E-state index contributed by atoms with van der Waals surface area (Å²) in [5, 5.41) is 0. The van der Waals surface area contributed by atoms with E-state index in [9.17, 15) is 0 Å². The Morgan fingerprint density at radius 3 is 2.69 bits per heavy atom. The van der Waals surface area contributed by atoms with Crippen molar-refractivity contribution in [1.82, 2.24) is 4.90 Å². The van der Waals surface area contributed by atoms with E-state index in [1.807, 2.05) is 0 Å². The molecule has 0 amide bonds. The molecule has 0 atom stereocenters. The summed E-state index contributed by atoms with van der Waals surface area (Å²) in [6.45, 7) is 10.4. The van der Waals surface area contributed by atoms with Gasteiger partial charge in [-0.1, -0.05) is 0 Å². The molecular formula is C10H19NO2. The lowest BCUT2D eigenvalue weighted by Gasteiger charge is -2.41. The van der Waals surface area contributed by atoms with Gasteiger partial charge in [-0.15, -0.1) is 0 Å². The van der Waals surface area contributed by atoms with E-state index in [2.05, 4.69) is 18.7 Å². The first-order chi connectivity index (χ1) is 6.16. The Morgan fingerprint density at radius 2 is 2.15 bits per heavy atom. The van der Waals surface area contributed by atoms with Crippen LogP contribution >= 0.6 is 0 Å². The van der Waals surface area contributed by atoms with Gasteiger partial charge < -0.3 is 9.47 Å². The van der Waals surface area contributed by atoms with Gasteiger partial charge in [0.15, 0.2) is 0 Å². The van der Waals surface area contributed by atoms with E-state index in [4.69, 9.17) is 9.47 Å². The molecule has 2 rings (SSSR count). The topological polar surface area (TPSA) is 21.7 Å². The van der Waals surface area contributed by atoms with Crippen molar-refractivity contribution in [3.8, 4) is 0 Å². The minimum absolute atomic E-state index is 0.0445. The molecule has 3 heteroatoms. The molecule has 2 fully saturated rings. The molecule has 0 spiro atoms. The summed E-state index contributed by atoms with van der Waals surface area (Å²) in [5.74, 6) is 0.772. The summed E-state index contributed by atoms with van der Waals surface area (Å²) in [4.78, 5) is 2.50. The maximum atomic E-state index is 5.66. The van der Waals surface area contributed by atoms with E-state index in [-0.39, 0.29) is 5.60 Å². The van der Waals surface area contributed by atoms with Crippen molar-refractivity contribution in [2.75, 3.05) is 39.5 Å². The van der Waals surface area contributed by atoms with Gasteiger partial charge in [0.2, 0.25) is 0 Å². The van der Waals surface area contributed by atoms with Gasteiger partial charge in [-0.2, -0.15) is 0 Å². The number of ether oxygens (including phenoxy) is 2. The monoisotopic (exact) mass is 185 g/mol. The first-order valence-corrected chi connectivity index (χ1v) is 5.10. The molecule has 0 unspecified atom stereocenters. The zero-order valence-corrected chi connectivity index (χ0v) is 8.58. The van der Waals surface area contributed by atoms with Crippen LogP contribution in [-0.4, -0.2) is 50.0 Å². The SMILES string of the molecule is CC1(C)CN(CC2COC2)CCO1. The van der Waals surface area contributed by atoms with Gasteiger partial charge in [0, 0.05) is 25.6 Å². The van der Waals surface area contributed by atoms with Crippen LogP contribution < -0.4 is 0 Å². The summed E-state index contributed by atoms with van der Waals surface area (Å²) in [6.07, 6.45) is 0. The summed E-state index contributed by atoms with van der Waals surface area (Å²) in [6, 6.07) is 0. The van der Waals surface area contributed by atoms with Crippen LogP contribution in [0.15, 0.2) is 0 Å². The Hall–Kier alpha value is -0.120. The number of nitrogens with zero attached hydrogens (tertiary/aromatic N) is 1. The summed E-state index contributed by atoms with van der Waals surface area (Å²) >= 11 is 0. The van der Waals surface area contributed by atoms with E-state index >= 15 is 0 Å². The van der Waals surface area contributed by atoms with Gasteiger partial charge in [-0.3, -0.25) is 4.90 Å². The van der Waals surface area contributed by atoms with Crippen molar-refractivity contribution in [3.05, 3.63) is 0 Å². The predicted molar refractivity (Wildman–Crippen MR) is 50.8 cm³/mol. The third-order valence-corrected chi connectivity index (χ3v) is 2.73. The molecule has 2 saturated heterocycles. The van der Waals surface area contributed by atoms with Crippen LogP contribution in [0.5, 0.6) is 0 Å².